The number of carbonyl (C=O) groups is 1. The van der Waals surface area contributed by atoms with Crippen molar-refractivity contribution in [2.24, 2.45) is 17.6 Å². The highest BCUT2D eigenvalue weighted by atomic mass is 16.2. The molecule has 3 heteroatoms. The minimum absolute atomic E-state index is 0.209. The van der Waals surface area contributed by atoms with Crippen molar-refractivity contribution in [3.63, 3.8) is 0 Å². The Morgan fingerprint density at radius 2 is 1.89 bits per heavy atom. The zero-order valence-corrected chi connectivity index (χ0v) is 11.9. The van der Waals surface area contributed by atoms with Crippen LogP contribution in [-0.2, 0) is 4.79 Å². The van der Waals surface area contributed by atoms with Crippen molar-refractivity contribution in [1.29, 1.82) is 0 Å². The molecule has 0 aromatic carbocycles. The van der Waals surface area contributed by atoms with Gasteiger partial charge in [0.25, 0.3) is 0 Å². The van der Waals surface area contributed by atoms with E-state index in [0.29, 0.717) is 12.0 Å². The molecule has 104 valence electrons. The quantitative estimate of drug-likeness (QED) is 0.839. The van der Waals surface area contributed by atoms with Gasteiger partial charge in [-0.1, -0.05) is 26.7 Å². The first kappa shape index (κ1) is 13.9. The van der Waals surface area contributed by atoms with E-state index in [4.69, 9.17) is 5.73 Å². The third kappa shape index (κ3) is 3.05. The number of hydrogen-bond donors (Lipinski definition) is 1. The van der Waals surface area contributed by atoms with Crippen LogP contribution >= 0.6 is 0 Å². The van der Waals surface area contributed by atoms with Gasteiger partial charge in [0, 0.05) is 12.6 Å². The van der Waals surface area contributed by atoms with E-state index in [-0.39, 0.29) is 11.9 Å². The Morgan fingerprint density at radius 3 is 2.61 bits per heavy atom. The topological polar surface area (TPSA) is 46.3 Å². The molecule has 1 aliphatic heterocycles. The zero-order valence-electron chi connectivity index (χ0n) is 11.9. The highest BCUT2D eigenvalue weighted by molar-refractivity contribution is 5.82. The van der Waals surface area contributed by atoms with Gasteiger partial charge in [0.05, 0.1) is 6.04 Å². The summed E-state index contributed by atoms with van der Waals surface area (Å²) in [6.45, 7) is 5.20. The van der Waals surface area contributed by atoms with Crippen LogP contribution in [0, 0.1) is 11.8 Å². The molecule has 0 aromatic rings. The molecule has 0 radical (unpaired) electrons. The van der Waals surface area contributed by atoms with Crippen molar-refractivity contribution < 1.29 is 4.79 Å². The first-order valence-corrected chi connectivity index (χ1v) is 7.65. The van der Waals surface area contributed by atoms with Crippen LogP contribution < -0.4 is 5.73 Å². The maximum atomic E-state index is 12.5. The number of rotatable bonds is 3. The predicted octanol–water partition coefficient (Wildman–Crippen LogP) is 2.54. The van der Waals surface area contributed by atoms with Crippen molar-refractivity contribution in [3.8, 4) is 0 Å². The number of carbonyl (C=O) groups excluding carboxylic acids is 1. The SMILES string of the molecule is CC(C)C[C@@H](N)C(=O)N1CCCC2CCCCC21. The van der Waals surface area contributed by atoms with Crippen LogP contribution in [0.5, 0.6) is 0 Å². The molecular weight excluding hydrogens is 224 g/mol. The molecule has 1 heterocycles. The third-order valence-electron chi connectivity index (χ3n) is 4.57. The van der Waals surface area contributed by atoms with Crippen LogP contribution in [-0.4, -0.2) is 29.4 Å². The second-order valence-corrected chi connectivity index (χ2v) is 6.52. The average molecular weight is 252 g/mol. The summed E-state index contributed by atoms with van der Waals surface area (Å²) >= 11 is 0. The average Bonchev–Trinajstić information content (AvgIpc) is 2.36. The Kier molecular flexibility index (Phi) is 4.66. The molecule has 1 saturated carbocycles. The van der Waals surface area contributed by atoms with Gasteiger partial charge < -0.3 is 10.6 Å². The number of nitrogens with zero attached hydrogens (tertiary/aromatic N) is 1. The smallest absolute Gasteiger partial charge is 0.239 e. The van der Waals surface area contributed by atoms with E-state index in [2.05, 4.69) is 18.7 Å². The standard InChI is InChI=1S/C15H28N2O/c1-11(2)10-13(16)15(18)17-9-5-7-12-6-3-4-8-14(12)17/h11-14H,3-10,16H2,1-2H3/t12?,13-,14?/m1/s1. The van der Waals surface area contributed by atoms with E-state index >= 15 is 0 Å². The van der Waals surface area contributed by atoms with E-state index in [0.717, 1.165) is 18.9 Å². The van der Waals surface area contributed by atoms with Gasteiger partial charge in [-0.2, -0.15) is 0 Å². The molecule has 1 amide bonds. The van der Waals surface area contributed by atoms with Crippen molar-refractivity contribution in [3.05, 3.63) is 0 Å². The van der Waals surface area contributed by atoms with E-state index in [9.17, 15) is 4.79 Å². The van der Waals surface area contributed by atoms with Crippen LogP contribution in [0.4, 0.5) is 0 Å². The minimum atomic E-state index is -0.286. The Hall–Kier alpha value is -0.570. The van der Waals surface area contributed by atoms with Gasteiger partial charge in [0.15, 0.2) is 0 Å². The fourth-order valence-corrected chi connectivity index (χ4v) is 3.72. The van der Waals surface area contributed by atoms with Crippen LogP contribution in [0.15, 0.2) is 0 Å². The van der Waals surface area contributed by atoms with Gasteiger partial charge in [0.1, 0.15) is 0 Å². The Labute approximate surface area is 111 Å². The molecule has 0 spiro atoms. The second kappa shape index (κ2) is 6.05. The maximum Gasteiger partial charge on any atom is 0.239 e. The van der Waals surface area contributed by atoms with E-state index < -0.39 is 0 Å². The lowest BCUT2D eigenvalue weighted by Gasteiger charge is -2.45. The second-order valence-electron chi connectivity index (χ2n) is 6.52. The summed E-state index contributed by atoms with van der Waals surface area (Å²) in [4.78, 5) is 14.6. The van der Waals surface area contributed by atoms with E-state index in [1.165, 1.54) is 38.5 Å². The molecule has 18 heavy (non-hydrogen) atoms. The van der Waals surface area contributed by atoms with Gasteiger partial charge in [-0.15, -0.1) is 0 Å². The van der Waals surface area contributed by atoms with Crippen molar-refractivity contribution in [2.45, 2.75) is 70.9 Å². The Balaban J connectivity index is 1.99. The summed E-state index contributed by atoms with van der Waals surface area (Å²) in [5, 5.41) is 0. The molecule has 0 bridgehead atoms. The highest BCUT2D eigenvalue weighted by Gasteiger charge is 2.37. The van der Waals surface area contributed by atoms with Gasteiger partial charge >= 0.3 is 0 Å². The normalized spacial score (nSPS) is 30.1. The number of piperidine rings is 1. The monoisotopic (exact) mass is 252 g/mol. The molecule has 2 aliphatic rings. The first-order chi connectivity index (χ1) is 8.59. The molecule has 2 rings (SSSR count). The first-order valence-electron chi connectivity index (χ1n) is 7.65. The summed E-state index contributed by atoms with van der Waals surface area (Å²) in [6, 6.07) is 0.212. The molecule has 2 unspecified atom stereocenters. The molecular formula is C15H28N2O. The van der Waals surface area contributed by atoms with Crippen molar-refractivity contribution in [2.75, 3.05) is 6.54 Å². The summed E-state index contributed by atoms with van der Waals surface area (Å²) < 4.78 is 0. The number of hydrogen-bond acceptors (Lipinski definition) is 2. The summed E-state index contributed by atoms with van der Waals surface area (Å²) in [5.74, 6) is 1.46. The number of fused-ring (bicyclic) bond motifs is 1. The van der Waals surface area contributed by atoms with Crippen LogP contribution in [0.3, 0.4) is 0 Å². The van der Waals surface area contributed by atoms with Crippen molar-refractivity contribution in [1.82, 2.24) is 4.90 Å². The number of nitrogens with two attached hydrogens (primary N) is 1. The van der Waals surface area contributed by atoms with E-state index in [1.54, 1.807) is 0 Å². The number of likely N-dealkylation sites (tertiary alicyclic amines) is 1. The Morgan fingerprint density at radius 1 is 1.22 bits per heavy atom. The molecule has 3 atom stereocenters. The van der Waals surface area contributed by atoms with Crippen LogP contribution in [0.2, 0.25) is 0 Å². The molecule has 1 aliphatic carbocycles. The lowest BCUT2D eigenvalue weighted by Crippen LogP contribution is -2.54. The van der Waals surface area contributed by atoms with Gasteiger partial charge in [-0.3, -0.25) is 4.79 Å². The lowest BCUT2D eigenvalue weighted by atomic mass is 9.78. The Bertz CT molecular complexity index is 288. The van der Waals surface area contributed by atoms with Gasteiger partial charge in [-0.05, 0) is 43.9 Å². The zero-order chi connectivity index (χ0) is 13.1. The van der Waals surface area contributed by atoms with Gasteiger partial charge in [0.2, 0.25) is 5.91 Å². The minimum Gasteiger partial charge on any atom is -0.338 e. The summed E-state index contributed by atoms with van der Waals surface area (Å²) in [7, 11) is 0. The van der Waals surface area contributed by atoms with Gasteiger partial charge in [-0.25, -0.2) is 0 Å². The highest BCUT2D eigenvalue weighted by Crippen LogP contribution is 2.35. The molecule has 2 N–H and O–H groups in total. The third-order valence-corrected chi connectivity index (χ3v) is 4.57. The molecule has 2 fully saturated rings. The predicted molar refractivity (Wildman–Crippen MR) is 74.1 cm³/mol. The fourth-order valence-electron chi connectivity index (χ4n) is 3.72. The number of amides is 1. The maximum absolute atomic E-state index is 12.5. The van der Waals surface area contributed by atoms with Crippen LogP contribution in [0.1, 0.15) is 58.8 Å². The molecule has 0 aromatic heterocycles. The van der Waals surface area contributed by atoms with Crippen molar-refractivity contribution >= 4 is 5.91 Å². The largest absolute Gasteiger partial charge is 0.338 e. The fraction of sp³-hybridized carbons (Fsp3) is 0.933. The molecule has 1 saturated heterocycles. The van der Waals surface area contributed by atoms with Crippen LogP contribution in [0.25, 0.3) is 0 Å². The lowest BCUT2D eigenvalue weighted by molar-refractivity contribution is -0.139. The molecule has 3 nitrogen and oxygen atoms in total. The summed E-state index contributed by atoms with van der Waals surface area (Å²) in [6.07, 6.45) is 8.44. The summed E-state index contributed by atoms with van der Waals surface area (Å²) in [5.41, 5.74) is 6.08. The van der Waals surface area contributed by atoms with E-state index in [1.807, 2.05) is 0 Å².